The number of hydrogen-bond acceptors (Lipinski definition) is 4. The Morgan fingerprint density at radius 3 is 2.54 bits per heavy atom. The summed E-state index contributed by atoms with van der Waals surface area (Å²) in [4.78, 5) is 21.1. The highest BCUT2D eigenvalue weighted by Crippen LogP contribution is 1.86. The molecule has 6 nitrogen and oxygen atoms in total. The van der Waals surface area contributed by atoms with Gasteiger partial charge in [0.1, 0.15) is 6.04 Å². The van der Waals surface area contributed by atoms with E-state index >= 15 is 0 Å². The molecule has 0 aliphatic carbocycles. The molecular formula is C7H15N3O3. The van der Waals surface area contributed by atoms with Crippen LogP contribution in [0.5, 0.6) is 0 Å². The van der Waals surface area contributed by atoms with Gasteiger partial charge in [-0.2, -0.15) is 0 Å². The summed E-state index contributed by atoms with van der Waals surface area (Å²) in [6, 6.07) is -0.918. The Labute approximate surface area is 76.3 Å². The number of carbonyl (C=O) groups excluding carboxylic acids is 1. The number of rotatable bonds is 6. The number of amides is 1. The molecule has 6 N–H and O–H groups in total. The highest BCUT2D eigenvalue weighted by atomic mass is 16.4. The summed E-state index contributed by atoms with van der Waals surface area (Å²) < 4.78 is 0. The molecular weight excluding hydrogens is 174 g/mol. The molecule has 0 bridgehead atoms. The summed E-state index contributed by atoms with van der Waals surface area (Å²) >= 11 is 0. The molecule has 6 heteroatoms. The van der Waals surface area contributed by atoms with Gasteiger partial charge in [-0.3, -0.25) is 9.59 Å². The molecule has 0 heterocycles. The predicted molar refractivity (Wildman–Crippen MR) is 46.9 cm³/mol. The summed E-state index contributed by atoms with van der Waals surface area (Å²) in [5.41, 5.74) is 10.3. The van der Waals surface area contributed by atoms with Crippen LogP contribution < -0.4 is 16.8 Å². The Bertz CT molecular complexity index is 184. The van der Waals surface area contributed by atoms with E-state index in [0.717, 1.165) is 0 Å². The quantitative estimate of drug-likeness (QED) is 0.395. The van der Waals surface area contributed by atoms with Gasteiger partial charge in [-0.1, -0.05) is 0 Å². The van der Waals surface area contributed by atoms with Crippen molar-refractivity contribution in [1.29, 1.82) is 0 Å². The molecule has 76 valence electrons. The van der Waals surface area contributed by atoms with Crippen LogP contribution in [0.15, 0.2) is 0 Å². The Hall–Kier alpha value is -1.14. The third-order valence-corrected chi connectivity index (χ3v) is 1.47. The minimum Gasteiger partial charge on any atom is -0.480 e. The summed E-state index contributed by atoms with van der Waals surface area (Å²) in [7, 11) is 0. The molecule has 0 spiro atoms. The van der Waals surface area contributed by atoms with E-state index in [9.17, 15) is 9.59 Å². The maximum Gasteiger partial charge on any atom is 0.320 e. The average Bonchev–Trinajstić information content (AvgIpc) is 2.04. The van der Waals surface area contributed by atoms with E-state index in [0.29, 0.717) is 0 Å². The van der Waals surface area contributed by atoms with Crippen LogP contribution in [-0.4, -0.2) is 36.1 Å². The van der Waals surface area contributed by atoms with Gasteiger partial charge in [0.25, 0.3) is 0 Å². The van der Waals surface area contributed by atoms with Crippen molar-refractivity contribution in [2.24, 2.45) is 11.5 Å². The SMILES string of the molecule is NCCC(=O)NCCC(N)C(=O)O. The molecule has 1 amide bonds. The lowest BCUT2D eigenvalue weighted by Gasteiger charge is -2.06. The zero-order chi connectivity index (χ0) is 10.3. The number of hydrogen-bond donors (Lipinski definition) is 4. The number of carbonyl (C=O) groups is 2. The van der Waals surface area contributed by atoms with Crippen LogP contribution >= 0.6 is 0 Å². The third kappa shape index (κ3) is 6.06. The first-order chi connectivity index (χ1) is 6.07. The van der Waals surface area contributed by atoms with Crippen molar-refractivity contribution >= 4 is 11.9 Å². The molecule has 0 aliphatic rings. The standard InChI is InChI=1S/C7H15N3O3/c8-3-1-6(11)10-4-2-5(9)7(12)13/h5H,1-4,8-9H2,(H,10,11)(H,12,13). The van der Waals surface area contributed by atoms with Crippen molar-refractivity contribution in [2.75, 3.05) is 13.1 Å². The van der Waals surface area contributed by atoms with Crippen molar-refractivity contribution in [1.82, 2.24) is 5.32 Å². The number of carboxylic acid groups (broad SMARTS) is 1. The second-order valence-corrected chi connectivity index (χ2v) is 2.62. The lowest BCUT2D eigenvalue weighted by atomic mass is 10.2. The predicted octanol–water partition coefficient (Wildman–Crippen LogP) is -1.75. The van der Waals surface area contributed by atoms with Crippen LogP contribution in [0.4, 0.5) is 0 Å². The molecule has 1 atom stereocenters. The fraction of sp³-hybridized carbons (Fsp3) is 0.714. The highest BCUT2D eigenvalue weighted by molar-refractivity contribution is 5.76. The molecule has 0 aromatic rings. The monoisotopic (exact) mass is 189 g/mol. The molecule has 0 aliphatic heterocycles. The van der Waals surface area contributed by atoms with Crippen LogP contribution in [0, 0.1) is 0 Å². The zero-order valence-corrected chi connectivity index (χ0v) is 7.32. The van der Waals surface area contributed by atoms with E-state index in [1.807, 2.05) is 0 Å². The van der Waals surface area contributed by atoms with Crippen LogP contribution in [0.2, 0.25) is 0 Å². The van der Waals surface area contributed by atoms with E-state index in [4.69, 9.17) is 16.6 Å². The zero-order valence-electron chi connectivity index (χ0n) is 7.32. The van der Waals surface area contributed by atoms with Gasteiger partial charge in [-0.05, 0) is 6.42 Å². The maximum atomic E-state index is 10.8. The van der Waals surface area contributed by atoms with Gasteiger partial charge in [0.15, 0.2) is 0 Å². The third-order valence-electron chi connectivity index (χ3n) is 1.47. The van der Waals surface area contributed by atoms with Crippen molar-refractivity contribution in [2.45, 2.75) is 18.9 Å². The van der Waals surface area contributed by atoms with Gasteiger partial charge < -0.3 is 21.9 Å². The lowest BCUT2D eigenvalue weighted by Crippen LogP contribution is -2.35. The first kappa shape index (κ1) is 11.9. The molecule has 0 rings (SSSR count). The van der Waals surface area contributed by atoms with Gasteiger partial charge in [0.05, 0.1) is 0 Å². The van der Waals surface area contributed by atoms with E-state index in [1.165, 1.54) is 0 Å². The van der Waals surface area contributed by atoms with Crippen molar-refractivity contribution in [3.05, 3.63) is 0 Å². The van der Waals surface area contributed by atoms with Crippen molar-refractivity contribution in [3.63, 3.8) is 0 Å². The molecule has 0 fully saturated rings. The first-order valence-electron chi connectivity index (χ1n) is 4.03. The minimum absolute atomic E-state index is 0.180. The van der Waals surface area contributed by atoms with Gasteiger partial charge >= 0.3 is 5.97 Å². The number of nitrogens with two attached hydrogens (primary N) is 2. The smallest absolute Gasteiger partial charge is 0.320 e. The molecule has 0 radical (unpaired) electrons. The van der Waals surface area contributed by atoms with Crippen LogP contribution in [0.3, 0.4) is 0 Å². The Morgan fingerprint density at radius 1 is 1.46 bits per heavy atom. The number of carboxylic acids is 1. The first-order valence-corrected chi connectivity index (χ1v) is 4.03. The average molecular weight is 189 g/mol. The van der Waals surface area contributed by atoms with E-state index in [-0.39, 0.29) is 31.8 Å². The summed E-state index contributed by atoms with van der Waals surface area (Å²) in [5.74, 6) is -1.24. The highest BCUT2D eigenvalue weighted by Gasteiger charge is 2.10. The second kappa shape index (κ2) is 6.38. The van der Waals surface area contributed by atoms with Crippen molar-refractivity contribution in [3.8, 4) is 0 Å². The van der Waals surface area contributed by atoms with Gasteiger partial charge in [-0.15, -0.1) is 0 Å². The van der Waals surface area contributed by atoms with E-state index in [2.05, 4.69) is 5.32 Å². The van der Waals surface area contributed by atoms with Crippen LogP contribution in [0.1, 0.15) is 12.8 Å². The Balaban J connectivity index is 3.44. The molecule has 1 unspecified atom stereocenters. The largest absolute Gasteiger partial charge is 0.480 e. The van der Waals surface area contributed by atoms with Crippen molar-refractivity contribution < 1.29 is 14.7 Å². The number of aliphatic carboxylic acids is 1. The Kier molecular flexibility index (Phi) is 5.82. The summed E-state index contributed by atoms with van der Waals surface area (Å²) in [5, 5.41) is 10.9. The van der Waals surface area contributed by atoms with Gasteiger partial charge in [-0.25, -0.2) is 0 Å². The summed E-state index contributed by atoms with van der Waals surface area (Å²) in [6.45, 7) is 0.559. The molecule has 0 saturated carbocycles. The van der Waals surface area contributed by atoms with Crippen LogP contribution in [0.25, 0.3) is 0 Å². The minimum atomic E-state index is -1.06. The van der Waals surface area contributed by atoms with Gasteiger partial charge in [0, 0.05) is 19.5 Å². The summed E-state index contributed by atoms with van der Waals surface area (Å²) in [6.07, 6.45) is 0.480. The fourth-order valence-corrected chi connectivity index (χ4v) is 0.710. The maximum absolute atomic E-state index is 10.8. The van der Waals surface area contributed by atoms with E-state index in [1.54, 1.807) is 0 Å². The molecule has 0 aromatic heterocycles. The normalized spacial score (nSPS) is 12.2. The number of nitrogens with one attached hydrogen (secondary N) is 1. The fourth-order valence-electron chi connectivity index (χ4n) is 0.710. The Morgan fingerprint density at radius 2 is 2.08 bits per heavy atom. The molecule has 0 saturated heterocycles. The van der Waals surface area contributed by atoms with Crippen LogP contribution in [-0.2, 0) is 9.59 Å². The molecule has 13 heavy (non-hydrogen) atoms. The van der Waals surface area contributed by atoms with Gasteiger partial charge in [0.2, 0.25) is 5.91 Å². The second-order valence-electron chi connectivity index (χ2n) is 2.62. The lowest BCUT2D eigenvalue weighted by molar-refractivity contribution is -0.138. The molecule has 0 aromatic carbocycles. The topological polar surface area (TPSA) is 118 Å². The van der Waals surface area contributed by atoms with E-state index < -0.39 is 12.0 Å².